The topological polar surface area (TPSA) is 104 Å². The number of rotatable bonds is 8. The van der Waals surface area contributed by atoms with Crippen molar-refractivity contribution in [1.29, 1.82) is 0 Å². The van der Waals surface area contributed by atoms with Gasteiger partial charge in [-0.15, -0.1) is 0 Å². The van der Waals surface area contributed by atoms with Gasteiger partial charge in [-0.2, -0.15) is 0 Å². The Morgan fingerprint density at radius 3 is 2.34 bits per heavy atom. The van der Waals surface area contributed by atoms with Crippen LogP contribution in [0.1, 0.15) is 12.0 Å². The normalized spacial score (nSPS) is 11.4. The molecular weight excluding hydrogens is 398 g/mol. The zero-order valence-corrected chi connectivity index (χ0v) is 17.0. The number of aliphatic carboxylic acids is 1. The van der Waals surface area contributed by atoms with Crippen molar-refractivity contribution in [3.63, 3.8) is 0 Å². The second-order valence-electron chi connectivity index (χ2n) is 6.25. The molecule has 0 aliphatic heterocycles. The van der Waals surface area contributed by atoms with Gasteiger partial charge in [0.1, 0.15) is 5.75 Å². The number of ether oxygens (including phenoxy) is 3. The van der Waals surface area contributed by atoms with E-state index in [1.165, 1.54) is 45.7 Å². The lowest BCUT2D eigenvalue weighted by Crippen LogP contribution is -2.12. The van der Waals surface area contributed by atoms with E-state index < -0.39 is 16.0 Å². The van der Waals surface area contributed by atoms with Crippen LogP contribution >= 0.6 is 0 Å². The molecule has 154 valence electrons. The first-order valence-electron chi connectivity index (χ1n) is 8.69. The zero-order valence-electron chi connectivity index (χ0n) is 16.2. The molecule has 0 atom stereocenters. The Morgan fingerprint density at radius 1 is 1.00 bits per heavy atom. The molecule has 0 spiro atoms. The minimum absolute atomic E-state index is 0.0210. The average Bonchev–Trinajstić information content (AvgIpc) is 3.10. The zero-order chi connectivity index (χ0) is 21.2. The Bertz CT molecular complexity index is 1170. The Hall–Kier alpha value is -3.20. The third-order valence-electron chi connectivity index (χ3n) is 4.58. The van der Waals surface area contributed by atoms with Gasteiger partial charge in [0.15, 0.2) is 11.5 Å². The molecule has 1 heterocycles. The van der Waals surface area contributed by atoms with Gasteiger partial charge in [0.25, 0.3) is 10.0 Å². The molecule has 0 saturated heterocycles. The maximum atomic E-state index is 13.3. The summed E-state index contributed by atoms with van der Waals surface area (Å²) in [6, 6.07) is 9.34. The lowest BCUT2D eigenvalue weighted by atomic mass is 10.1. The van der Waals surface area contributed by atoms with Crippen LogP contribution in [0.25, 0.3) is 10.9 Å². The molecule has 1 N–H and O–H groups in total. The van der Waals surface area contributed by atoms with Crippen molar-refractivity contribution in [2.45, 2.75) is 17.7 Å². The Labute approximate surface area is 168 Å². The van der Waals surface area contributed by atoms with E-state index in [4.69, 9.17) is 19.3 Å². The molecule has 3 rings (SSSR count). The standard InChI is InChI=1S/C20H21NO7S/c1-26-14-5-7-17-16(10-14)13(4-9-20(22)23)12-21(17)29(24,25)15-6-8-18(27-2)19(11-15)28-3/h5-8,10-12H,4,9H2,1-3H3,(H,22,23). The van der Waals surface area contributed by atoms with E-state index >= 15 is 0 Å². The number of benzene rings is 2. The molecule has 0 unspecified atom stereocenters. The van der Waals surface area contributed by atoms with E-state index in [-0.39, 0.29) is 23.5 Å². The minimum atomic E-state index is -3.97. The summed E-state index contributed by atoms with van der Waals surface area (Å²) in [6.07, 6.45) is 1.53. The van der Waals surface area contributed by atoms with Gasteiger partial charge < -0.3 is 19.3 Å². The van der Waals surface area contributed by atoms with Crippen molar-refractivity contribution in [1.82, 2.24) is 3.97 Å². The van der Waals surface area contributed by atoms with Crippen molar-refractivity contribution in [2.24, 2.45) is 0 Å². The van der Waals surface area contributed by atoms with Crippen LogP contribution in [0.3, 0.4) is 0 Å². The molecule has 0 saturated carbocycles. The van der Waals surface area contributed by atoms with Crippen LogP contribution in [0.2, 0.25) is 0 Å². The number of hydrogen-bond donors (Lipinski definition) is 1. The fourth-order valence-electron chi connectivity index (χ4n) is 3.10. The number of aromatic nitrogens is 1. The number of aryl methyl sites for hydroxylation is 1. The molecule has 9 heteroatoms. The maximum absolute atomic E-state index is 13.3. The lowest BCUT2D eigenvalue weighted by molar-refractivity contribution is -0.136. The van der Waals surface area contributed by atoms with E-state index in [0.717, 1.165) is 3.97 Å². The number of methoxy groups -OCH3 is 3. The van der Waals surface area contributed by atoms with Crippen molar-refractivity contribution in [3.8, 4) is 17.2 Å². The van der Waals surface area contributed by atoms with Gasteiger partial charge in [-0.25, -0.2) is 12.4 Å². The highest BCUT2D eigenvalue weighted by Crippen LogP contribution is 2.33. The molecule has 0 radical (unpaired) electrons. The number of carboxylic acids is 1. The summed E-state index contributed by atoms with van der Waals surface area (Å²) in [7, 11) is 0.434. The van der Waals surface area contributed by atoms with E-state index in [9.17, 15) is 13.2 Å². The summed E-state index contributed by atoms with van der Waals surface area (Å²) in [5.41, 5.74) is 1.03. The second kappa shape index (κ2) is 8.04. The molecule has 0 aliphatic carbocycles. The van der Waals surface area contributed by atoms with Crippen LogP contribution < -0.4 is 14.2 Å². The number of carboxylic acid groups (broad SMARTS) is 1. The Morgan fingerprint density at radius 2 is 1.72 bits per heavy atom. The third kappa shape index (κ3) is 3.86. The lowest BCUT2D eigenvalue weighted by Gasteiger charge is -2.11. The molecule has 0 bridgehead atoms. The molecule has 8 nitrogen and oxygen atoms in total. The number of carbonyl (C=O) groups is 1. The van der Waals surface area contributed by atoms with Crippen molar-refractivity contribution < 1.29 is 32.5 Å². The maximum Gasteiger partial charge on any atom is 0.303 e. The molecule has 0 aliphatic rings. The first-order chi connectivity index (χ1) is 13.8. The van der Waals surface area contributed by atoms with Crippen LogP contribution in [0.15, 0.2) is 47.5 Å². The summed E-state index contributed by atoms with van der Waals surface area (Å²) < 4.78 is 43.4. The Kier molecular flexibility index (Phi) is 5.69. The highest BCUT2D eigenvalue weighted by molar-refractivity contribution is 7.90. The predicted molar refractivity (Wildman–Crippen MR) is 107 cm³/mol. The van der Waals surface area contributed by atoms with Gasteiger partial charge in [-0.1, -0.05) is 0 Å². The number of hydrogen-bond acceptors (Lipinski definition) is 6. The quantitative estimate of drug-likeness (QED) is 0.599. The fourth-order valence-corrected chi connectivity index (χ4v) is 4.51. The summed E-state index contributed by atoms with van der Waals surface area (Å²) in [6.45, 7) is 0. The summed E-state index contributed by atoms with van der Waals surface area (Å²) >= 11 is 0. The van der Waals surface area contributed by atoms with Gasteiger partial charge in [-0.3, -0.25) is 4.79 Å². The van der Waals surface area contributed by atoms with Crippen molar-refractivity contribution in [3.05, 3.63) is 48.2 Å². The van der Waals surface area contributed by atoms with Gasteiger partial charge >= 0.3 is 5.97 Å². The van der Waals surface area contributed by atoms with E-state index in [1.807, 2.05) is 0 Å². The van der Waals surface area contributed by atoms with Crippen LogP contribution in [-0.4, -0.2) is 44.8 Å². The monoisotopic (exact) mass is 419 g/mol. The summed E-state index contributed by atoms with van der Waals surface area (Å²) in [5.74, 6) is 0.292. The smallest absolute Gasteiger partial charge is 0.303 e. The number of nitrogens with zero attached hydrogens (tertiary/aromatic N) is 1. The van der Waals surface area contributed by atoms with Gasteiger partial charge in [0.2, 0.25) is 0 Å². The van der Waals surface area contributed by atoms with Crippen molar-refractivity contribution >= 4 is 26.9 Å². The fraction of sp³-hybridized carbons (Fsp3) is 0.250. The van der Waals surface area contributed by atoms with Crippen molar-refractivity contribution in [2.75, 3.05) is 21.3 Å². The second-order valence-corrected chi connectivity index (χ2v) is 8.06. The van der Waals surface area contributed by atoms with Gasteiger partial charge in [0, 0.05) is 24.1 Å². The van der Waals surface area contributed by atoms with E-state index in [1.54, 1.807) is 18.2 Å². The molecule has 0 fully saturated rings. The molecule has 2 aromatic carbocycles. The first kappa shape index (κ1) is 20.5. The summed E-state index contributed by atoms with van der Waals surface area (Å²) in [5, 5.41) is 9.64. The first-order valence-corrected chi connectivity index (χ1v) is 10.1. The third-order valence-corrected chi connectivity index (χ3v) is 6.25. The largest absolute Gasteiger partial charge is 0.497 e. The van der Waals surface area contributed by atoms with Crippen LogP contribution in [-0.2, 0) is 21.2 Å². The SMILES string of the molecule is COc1ccc2c(c1)c(CCC(=O)O)cn2S(=O)(=O)c1ccc(OC)c(OC)c1. The van der Waals surface area contributed by atoms with Crippen LogP contribution in [0.5, 0.6) is 17.2 Å². The highest BCUT2D eigenvalue weighted by Gasteiger charge is 2.23. The molecular formula is C20H21NO7S. The van der Waals surface area contributed by atoms with E-state index in [2.05, 4.69) is 0 Å². The summed E-state index contributed by atoms with van der Waals surface area (Å²) in [4.78, 5) is 11.0. The molecule has 3 aromatic rings. The predicted octanol–water partition coefficient (Wildman–Crippen LogP) is 2.92. The van der Waals surface area contributed by atoms with Gasteiger partial charge in [0.05, 0.1) is 31.7 Å². The highest BCUT2D eigenvalue weighted by atomic mass is 32.2. The Balaban J connectivity index is 2.18. The van der Waals surface area contributed by atoms with Gasteiger partial charge in [-0.05, 0) is 42.3 Å². The minimum Gasteiger partial charge on any atom is -0.497 e. The van der Waals surface area contributed by atoms with E-state index in [0.29, 0.717) is 28.0 Å². The van der Waals surface area contributed by atoms with Crippen LogP contribution in [0.4, 0.5) is 0 Å². The number of fused-ring (bicyclic) bond motifs is 1. The molecule has 1 aromatic heterocycles. The van der Waals surface area contributed by atoms with Crippen LogP contribution in [0, 0.1) is 0 Å². The molecule has 29 heavy (non-hydrogen) atoms. The average molecular weight is 419 g/mol. The molecule has 0 amide bonds.